The maximum absolute atomic E-state index is 11.8. The van der Waals surface area contributed by atoms with E-state index in [9.17, 15) is 4.79 Å². The standard InChI is InChI=1S/C14H28N2O/c1-10(9-15)7-8-14(17)16-13-6-4-5-11(2)12(13)3/h10-13H,4-9,15H2,1-3H3,(H,16,17). The van der Waals surface area contributed by atoms with Crippen molar-refractivity contribution >= 4 is 5.91 Å². The summed E-state index contributed by atoms with van der Waals surface area (Å²) < 4.78 is 0. The van der Waals surface area contributed by atoms with E-state index < -0.39 is 0 Å². The Morgan fingerprint density at radius 1 is 1.41 bits per heavy atom. The predicted octanol–water partition coefficient (Wildman–Crippen LogP) is 2.30. The van der Waals surface area contributed by atoms with Crippen LogP contribution in [0.15, 0.2) is 0 Å². The highest BCUT2D eigenvalue weighted by Crippen LogP contribution is 2.29. The first-order valence-corrected chi connectivity index (χ1v) is 7.04. The fourth-order valence-corrected chi connectivity index (χ4v) is 2.56. The summed E-state index contributed by atoms with van der Waals surface area (Å²) in [7, 11) is 0. The lowest BCUT2D eigenvalue weighted by Gasteiger charge is -2.34. The minimum absolute atomic E-state index is 0.205. The van der Waals surface area contributed by atoms with Gasteiger partial charge in [-0.2, -0.15) is 0 Å². The van der Waals surface area contributed by atoms with Gasteiger partial charge in [-0.15, -0.1) is 0 Å². The van der Waals surface area contributed by atoms with Gasteiger partial charge in [0.05, 0.1) is 0 Å². The predicted molar refractivity (Wildman–Crippen MR) is 71.6 cm³/mol. The van der Waals surface area contributed by atoms with Gasteiger partial charge >= 0.3 is 0 Å². The molecule has 1 rings (SSSR count). The van der Waals surface area contributed by atoms with Gasteiger partial charge in [-0.25, -0.2) is 0 Å². The Kier molecular flexibility index (Phi) is 5.96. The molecule has 17 heavy (non-hydrogen) atoms. The molecule has 4 atom stereocenters. The first-order valence-electron chi connectivity index (χ1n) is 7.04. The molecule has 0 bridgehead atoms. The molecule has 0 aliphatic heterocycles. The first-order chi connectivity index (χ1) is 8.04. The molecule has 4 unspecified atom stereocenters. The molecular formula is C14H28N2O. The third kappa shape index (κ3) is 4.66. The van der Waals surface area contributed by atoms with E-state index in [4.69, 9.17) is 5.73 Å². The Balaban J connectivity index is 2.30. The molecule has 1 saturated carbocycles. The lowest BCUT2D eigenvalue weighted by Crippen LogP contribution is -2.43. The third-order valence-electron chi connectivity index (χ3n) is 4.32. The zero-order valence-corrected chi connectivity index (χ0v) is 11.5. The van der Waals surface area contributed by atoms with E-state index in [1.165, 1.54) is 12.8 Å². The molecule has 1 aliphatic carbocycles. The van der Waals surface area contributed by atoms with Gasteiger partial charge in [-0.05, 0) is 37.1 Å². The molecule has 1 fully saturated rings. The van der Waals surface area contributed by atoms with Crippen LogP contribution in [0.2, 0.25) is 0 Å². The normalized spacial score (nSPS) is 30.9. The van der Waals surface area contributed by atoms with Crippen molar-refractivity contribution in [3.63, 3.8) is 0 Å². The lowest BCUT2D eigenvalue weighted by atomic mass is 9.78. The number of rotatable bonds is 5. The summed E-state index contributed by atoms with van der Waals surface area (Å²) in [6, 6.07) is 0.388. The van der Waals surface area contributed by atoms with Crippen molar-refractivity contribution in [2.45, 2.75) is 58.9 Å². The van der Waals surface area contributed by atoms with Crippen LogP contribution >= 0.6 is 0 Å². The van der Waals surface area contributed by atoms with E-state index in [1.54, 1.807) is 0 Å². The van der Waals surface area contributed by atoms with E-state index in [1.807, 2.05) is 0 Å². The molecule has 0 saturated heterocycles. The SMILES string of the molecule is CC(CN)CCC(=O)NC1CCCC(C)C1C. The quantitative estimate of drug-likeness (QED) is 0.774. The van der Waals surface area contributed by atoms with Crippen molar-refractivity contribution in [2.24, 2.45) is 23.5 Å². The minimum atomic E-state index is 0.205. The van der Waals surface area contributed by atoms with Crippen LogP contribution in [0.25, 0.3) is 0 Å². The number of hydrogen-bond donors (Lipinski definition) is 2. The molecule has 3 N–H and O–H groups in total. The smallest absolute Gasteiger partial charge is 0.220 e. The van der Waals surface area contributed by atoms with E-state index >= 15 is 0 Å². The lowest BCUT2D eigenvalue weighted by molar-refractivity contribution is -0.122. The van der Waals surface area contributed by atoms with Crippen molar-refractivity contribution in [1.82, 2.24) is 5.32 Å². The van der Waals surface area contributed by atoms with Gasteiger partial charge in [-0.1, -0.05) is 33.6 Å². The highest BCUT2D eigenvalue weighted by Gasteiger charge is 2.27. The molecule has 0 spiro atoms. The fourth-order valence-electron chi connectivity index (χ4n) is 2.56. The summed E-state index contributed by atoms with van der Waals surface area (Å²) in [6.07, 6.45) is 5.21. The second kappa shape index (κ2) is 7.00. The number of amides is 1. The van der Waals surface area contributed by atoms with Gasteiger partial charge in [-0.3, -0.25) is 4.79 Å². The molecule has 3 heteroatoms. The molecule has 100 valence electrons. The van der Waals surface area contributed by atoms with E-state index in [0.717, 1.165) is 18.8 Å². The molecule has 3 nitrogen and oxygen atoms in total. The summed E-state index contributed by atoms with van der Waals surface area (Å²) in [5.74, 6) is 2.00. The molecule has 0 aromatic rings. The Morgan fingerprint density at radius 3 is 2.76 bits per heavy atom. The van der Waals surface area contributed by atoms with Gasteiger partial charge in [0.25, 0.3) is 0 Å². The molecule has 1 amide bonds. The third-order valence-corrected chi connectivity index (χ3v) is 4.32. The largest absolute Gasteiger partial charge is 0.353 e. The van der Waals surface area contributed by atoms with Crippen LogP contribution in [0.1, 0.15) is 52.9 Å². The average molecular weight is 240 g/mol. The number of nitrogens with two attached hydrogens (primary N) is 1. The molecule has 0 aromatic heterocycles. The Hall–Kier alpha value is -0.570. The summed E-state index contributed by atoms with van der Waals surface area (Å²) in [5, 5.41) is 3.20. The Bertz CT molecular complexity index is 242. The fraction of sp³-hybridized carbons (Fsp3) is 0.929. The highest BCUT2D eigenvalue weighted by molar-refractivity contribution is 5.76. The van der Waals surface area contributed by atoms with Gasteiger partial charge < -0.3 is 11.1 Å². The molecule has 0 radical (unpaired) electrons. The summed E-state index contributed by atoms with van der Waals surface area (Å²) >= 11 is 0. The van der Waals surface area contributed by atoms with Crippen molar-refractivity contribution in [2.75, 3.05) is 6.54 Å². The van der Waals surface area contributed by atoms with Gasteiger partial charge in [0.1, 0.15) is 0 Å². The highest BCUT2D eigenvalue weighted by atomic mass is 16.1. The molecule has 1 aliphatic rings. The zero-order valence-electron chi connectivity index (χ0n) is 11.5. The average Bonchev–Trinajstić information content (AvgIpc) is 2.32. The van der Waals surface area contributed by atoms with Crippen molar-refractivity contribution < 1.29 is 4.79 Å². The summed E-state index contributed by atoms with van der Waals surface area (Å²) in [5.41, 5.74) is 5.55. The maximum Gasteiger partial charge on any atom is 0.220 e. The van der Waals surface area contributed by atoms with Crippen LogP contribution in [0, 0.1) is 17.8 Å². The van der Waals surface area contributed by atoms with Crippen molar-refractivity contribution in [1.29, 1.82) is 0 Å². The first kappa shape index (κ1) is 14.5. The van der Waals surface area contributed by atoms with Gasteiger partial charge in [0, 0.05) is 12.5 Å². The number of carbonyl (C=O) groups excluding carboxylic acids is 1. The number of nitrogens with one attached hydrogen (secondary N) is 1. The van der Waals surface area contributed by atoms with Gasteiger partial charge in [0.15, 0.2) is 0 Å². The second-order valence-corrected chi connectivity index (χ2v) is 5.82. The molecular weight excluding hydrogens is 212 g/mol. The molecule has 0 aromatic carbocycles. The van der Waals surface area contributed by atoms with Gasteiger partial charge in [0.2, 0.25) is 5.91 Å². The minimum Gasteiger partial charge on any atom is -0.353 e. The number of hydrogen-bond acceptors (Lipinski definition) is 2. The zero-order chi connectivity index (χ0) is 12.8. The Labute approximate surface area is 106 Å². The topological polar surface area (TPSA) is 55.1 Å². The van der Waals surface area contributed by atoms with Crippen LogP contribution in [0.4, 0.5) is 0 Å². The van der Waals surface area contributed by atoms with Crippen LogP contribution in [-0.4, -0.2) is 18.5 Å². The van der Waals surface area contributed by atoms with E-state index in [2.05, 4.69) is 26.1 Å². The molecule has 0 heterocycles. The Morgan fingerprint density at radius 2 is 2.12 bits per heavy atom. The second-order valence-electron chi connectivity index (χ2n) is 5.82. The van der Waals surface area contributed by atoms with Crippen LogP contribution in [0.3, 0.4) is 0 Å². The summed E-state index contributed by atoms with van der Waals surface area (Å²) in [4.78, 5) is 11.8. The monoisotopic (exact) mass is 240 g/mol. The van der Waals surface area contributed by atoms with E-state index in [0.29, 0.717) is 30.8 Å². The van der Waals surface area contributed by atoms with Crippen LogP contribution in [0.5, 0.6) is 0 Å². The van der Waals surface area contributed by atoms with Crippen molar-refractivity contribution in [3.8, 4) is 0 Å². The van der Waals surface area contributed by atoms with E-state index in [-0.39, 0.29) is 5.91 Å². The van der Waals surface area contributed by atoms with Crippen LogP contribution < -0.4 is 11.1 Å². The van der Waals surface area contributed by atoms with Crippen LogP contribution in [-0.2, 0) is 4.79 Å². The summed E-state index contributed by atoms with van der Waals surface area (Å²) in [6.45, 7) is 7.32. The number of carbonyl (C=O) groups is 1. The van der Waals surface area contributed by atoms with Crippen molar-refractivity contribution in [3.05, 3.63) is 0 Å². The maximum atomic E-state index is 11.8.